The second kappa shape index (κ2) is 8.34. The van der Waals surface area contributed by atoms with Gasteiger partial charge in [0.15, 0.2) is 0 Å². The van der Waals surface area contributed by atoms with Gasteiger partial charge in [0, 0.05) is 25.2 Å². The molecule has 0 fully saturated rings. The van der Waals surface area contributed by atoms with Gasteiger partial charge in [0.2, 0.25) is 5.91 Å². The van der Waals surface area contributed by atoms with Crippen molar-refractivity contribution in [3.63, 3.8) is 0 Å². The Kier molecular flexibility index (Phi) is 6.70. The first-order valence-corrected chi connectivity index (χ1v) is 6.12. The summed E-state index contributed by atoms with van der Waals surface area (Å²) in [6, 6.07) is 7.26. The number of amides is 1. The molecule has 0 aliphatic carbocycles. The third-order valence-electron chi connectivity index (χ3n) is 2.33. The zero-order valence-corrected chi connectivity index (χ0v) is 10.9. The molecule has 0 aliphatic rings. The van der Waals surface area contributed by atoms with Crippen LogP contribution in [-0.2, 0) is 4.79 Å². The summed E-state index contributed by atoms with van der Waals surface area (Å²) in [6.07, 6.45) is -0.788. The molecule has 0 saturated heterocycles. The Hall–Kier alpha value is -1.79. The highest BCUT2D eigenvalue weighted by atomic mass is 16.5. The van der Waals surface area contributed by atoms with Crippen molar-refractivity contribution in [1.29, 1.82) is 0 Å². The molecule has 0 aliphatic heterocycles. The first-order chi connectivity index (χ1) is 9.11. The smallest absolute Gasteiger partial charge is 0.216 e. The van der Waals surface area contributed by atoms with Crippen LogP contribution >= 0.6 is 0 Å². The fraction of sp³-hybridized carbons (Fsp3) is 0.462. The molecule has 0 saturated carbocycles. The number of nitrogens with one attached hydrogen (secondary N) is 2. The van der Waals surface area contributed by atoms with Gasteiger partial charge in [0.1, 0.15) is 12.4 Å². The molecular formula is C13H20N2O4. The Morgan fingerprint density at radius 3 is 2.95 bits per heavy atom. The molecule has 1 atom stereocenters. The van der Waals surface area contributed by atoms with Crippen molar-refractivity contribution in [2.45, 2.75) is 13.0 Å². The molecule has 0 aromatic heterocycles. The van der Waals surface area contributed by atoms with Crippen LogP contribution in [0.15, 0.2) is 24.3 Å². The first kappa shape index (κ1) is 15.3. The Labute approximate surface area is 112 Å². The molecule has 0 radical (unpaired) electrons. The number of hydrogen-bond acceptors (Lipinski definition) is 5. The topological polar surface area (TPSA) is 90.8 Å². The number of carbonyl (C=O) groups is 1. The molecule has 1 unspecified atom stereocenters. The second-order valence-electron chi connectivity index (χ2n) is 4.08. The van der Waals surface area contributed by atoms with Crippen molar-refractivity contribution in [2.75, 3.05) is 31.6 Å². The minimum atomic E-state index is -0.788. The lowest BCUT2D eigenvalue weighted by molar-refractivity contribution is -0.119. The maximum Gasteiger partial charge on any atom is 0.216 e. The second-order valence-corrected chi connectivity index (χ2v) is 4.08. The van der Waals surface area contributed by atoms with E-state index >= 15 is 0 Å². The van der Waals surface area contributed by atoms with Gasteiger partial charge < -0.3 is 25.6 Å². The summed E-state index contributed by atoms with van der Waals surface area (Å²) in [5.74, 6) is 0.589. The van der Waals surface area contributed by atoms with Crippen LogP contribution in [0.4, 0.5) is 5.69 Å². The van der Waals surface area contributed by atoms with Crippen molar-refractivity contribution in [3.05, 3.63) is 24.3 Å². The molecule has 0 spiro atoms. The van der Waals surface area contributed by atoms with Gasteiger partial charge >= 0.3 is 0 Å². The fourth-order valence-electron chi connectivity index (χ4n) is 1.39. The average molecular weight is 268 g/mol. The summed E-state index contributed by atoms with van der Waals surface area (Å²) in [4.78, 5) is 10.7. The standard InChI is InChI=1S/C13H20N2O4/c1-10(17)14-5-6-19-13-4-2-3-11(7-13)15-8-12(18)9-16/h2-4,7,12,15-16,18H,5-6,8-9H2,1H3,(H,14,17). The summed E-state index contributed by atoms with van der Waals surface area (Å²) in [5.41, 5.74) is 0.796. The summed E-state index contributed by atoms with van der Waals surface area (Å²) < 4.78 is 5.46. The summed E-state index contributed by atoms with van der Waals surface area (Å²) in [5, 5.41) is 23.6. The molecule has 106 valence electrons. The van der Waals surface area contributed by atoms with E-state index in [0.717, 1.165) is 5.69 Å². The van der Waals surface area contributed by atoms with Crippen molar-refractivity contribution in [1.82, 2.24) is 5.32 Å². The van der Waals surface area contributed by atoms with E-state index in [9.17, 15) is 9.90 Å². The molecule has 6 heteroatoms. The van der Waals surface area contributed by atoms with Crippen LogP contribution in [0.3, 0.4) is 0 Å². The van der Waals surface area contributed by atoms with Crippen molar-refractivity contribution in [3.8, 4) is 5.75 Å². The van der Waals surface area contributed by atoms with Gasteiger partial charge in [-0.3, -0.25) is 4.79 Å². The van der Waals surface area contributed by atoms with E-state index in [-0.39, 0.29) is 19.1 Å². The lowest BCUT2D eigenvalue weighted by Crippen LogP contribution is -2.25. The number of carbonyl (C=O) groups excluding carboxylic acids is 1. The fourth-order valence-corrected chi connectivity index (χ4v) is 1.39. The molecule has 1 aromatic rings. The van der Waals surface area contributed by atoms with E-state index in [1.54, 1.807) is 12.1 Å². The zero-order valence-electron chi connectivity index (χ0n) is 10.9. The van der Waals surface area contributed by atoms with Gasteiger partial charge in [-0.15, -0.1) is 0 Å². The summed E-state index contributed by atoms with van der Waals surface area (Å²) in [7, 11) is 0. The Balaban J connectivity index is 2.36. The van der Waals surface area contributed by atoms with Crippen LogP contribution in [-0.4, -0.2) is 48.5 Å². The van der Waals surface area contributed by atoms with Crippen LogP contribution in [0.1, 0.15) is 6.92 Å². The third kappa shape index (κ3) is 6.64. The van der Waals surface area contributed by atoms with Gasteiger partial charge in [-0.2, -0.15) is 0 Å². The molecule has 0 bridgehead atoms. The highest BCUT2D eigenvalue weighted by Gasteiger charge is 2.02. The van der Waals surface area contributed by atoms with Gasteiger partial charge in [-0.1, -0.05) is 6.07 Å². The summed E-state index contributed by atoms with van der Waals surface area (Å²) >= 11 is 0. The number of rotatable bonds is 8. The van der Waals surface area contributed by atoms with E-state index in [0.29, 0.717) is 18.9 Å². The number of aliphatic hydroxyl groups excluding tert-OH is 2. The highest BCUT2D eigenvalue weighted by molar-refractivity contribution is 5.72. The molecule has 19 heavy (non-hydrogen) atoms. The predicted octanol–water partition coefficient (Wildman–Crippen LogP) is -0.0334. The molecule has 0 heterocycles. The quantitative estimate of drug-likeness (QED) is 0.497. The Morgan fingerprint density at radius 1 is 1.47 bits per heavy atom. The van der Waals surface area contributed by atoms with Crippen LogP contribution in [0.2, 0.25) is 0 Å². The normalized spacial score (nSPS) is 11.7. The monoisotopic (exact) mass is 268 g/mol. The van der Waals surface area contributed by atoms with E-state index in [1.165, 1.54) is 6.92 Å². The lowest BCUT2D eigenvalue weighted by Gasteiger charge is -2.12. The number of anilines is 1. The maximum absolute atomic E-state index is 10.7. The van der Waals surface area contributed by atoms with Crippen molar-refractivity contribution in [2.24, 2.45) is 0 Å². The lowest BCUT2D eigenvalue weighted by atomic mass is 10.3. The molecule has 1 rings (SSSR count). The Morgan fingerprint density at radius 2 is 2.26 bits per heavy atom. The molecule has 4 N–H and O–H groups in total. The van der Waals surface area contributed by atoms with Gasteiger partial charge in [-0.05, 0) is 12.1 Å². The minimum absolute atomic E-state index is 0.0861. The van der Waals surface area contributed by atoms with Crippen LogP contribution in [0, 0.1) is 0 Å². The number of hydrogen-bond donors (Lipinski definition) is 4. The SMILES string of the molecule is CC(=O)NCCOc1cccc(NCC(O)CO)c1. The number of ether oxygens (including phenoxy) is 1. The molecule has 1 aromatic carbocycles. The minimum Gasteiger partial charge on any atom is -0.492 e. The van der Waals surface area contributed by atoms with Crippen LogP contribution in [0.25, 0.3) is 0 Å². The predicted molar refractivity (Wildman–Crippen MR) is 72.2 cm³/mol. The van der Waals surface area contributed by atoms with Gasteiger partial charge in [-0.25, -0.2) is 0 Å². The molecule has 1 amide bonds. The van der Waals surface area contributed by atoms with E-state index in [1.807, 2.05) is 12.1 Å². The van der Waals surface area contributed by atoms with Crippen LogP contribution < -0.4 is 15.4 Å². The number of aliphatic hydroxyl groups is 2. The largest absolute Gasteiger partial charge is 0.492 e. The zero-order chi connectivity index (χ0) is 14.1. The average Bonchev–Trinajstić information content (AvgIpc) is 2.41. The number of benzene rings is 1. The highest BCUT2D eigenvalue weighted by Crippen LogP contribution is 2.17. The van der Waals surface area contributed by atoms with Crippen molar-refractivity contribution < 1.29 is 19.7 Å². The Bertz CT molecular complexity index is 398. The van der Waals surface area contributed by atoms with E-state index < -0.39 is 6.10 Å². The van der Waals surface area contributed by atoms with Crippen molar-refractivity contribution >= 4 is 11.6 Å². The first-order valence-electron chi connectivity index (χ1n) is 6.12. The molecular weight excluding hydrogens is 248 g/mol. The summed E-state index contributed by atoms with van der Waals surface area (Å²) in [6.45, 7) is 2.29. The maximum atomic E-state index is 10.7. The van der Waals surface area contributed by atoms with E-state index in [2.05, 4.69) is 10.6 Å². The third-order valence-corrected chi connectivity index (χ3v) is 2.33. The van der Waals surface area contributed by atoms with Gasteiger partial charge in [0.25, 0.3) is 0 Å². The van der Waals surface area contributed by atoms with Gasteiger partial charge in [0.05, 0.1) is 19.3 Å². The molecule has 6 nitrogen and oxygen atoms in total. The van der Waals surface area contributed by atoms with Crippen LogP contribution in [0.5, 0.6) is 5.75 Å². The van der Waals surface area contributed by atoms with E-state index in [4.69, 9.17) is 9.84 Å².